The molecule has 1 heterocycles. The Hall–Kier alpha value is -2.36. The lowest BCUT2D eigenvalue weighted by molar-refractivity contribution is 0.0692. The number of benzene rings is 1. The van der Waals surface area contributed by atoms with Crippen LogP contribution in [0.2, 0.25) is 0 Å². The zero-order valence-corrected chi connectivity index (χ0v) is 12.0. The maximum absolute atomic E-state index is 11.3. The zero-order valence-electron chi connectivity index (χ0n) is 12.0. The number of aromatic carboxylic acids is 1. The lowest BCUT2D eigenvalue weighted by Crippen LogP contribution is -2.05. The summed E-state index contributed by atoms with van der Waals surface area (Å²) in [6, 6.07) is 5.62. The molecule has 1 aromatic heterocycles. The van der Waals surface area contributed by atoms with E-state index in [0.717, 1.165) is 16.7 Å². The Morgan fingerprint density at radius 3 is 2.35 bits per heavy atom. The van der Waals surface area contributed by atoms with Crippen LogP contribution in [-0.4, -0.2) is 16.1 Å². The van der Waals surface area contributed by atoms with Crippen molar-refractivity contribution in [2.45, 2.75) is 27.7 Å². The van der Waals surface area contributed by atoms with Crippen LogP contribution in [0.1, 0.15) is 32.6 Å². The Labute approximate surface area is 118 Å². The van der Waals surface area contributed by atoms with Crippen molar-refractivity contribution in [1.29, 1.82) is 0 Å². The molecule has 0 aliphatic carbocycles. The average Bonchev–Trinajstić information content (AvgIpc) is 2.39. The molecule has 0 aliphatic heterocycles. The predicted molar refractivity (Wildman–Crippen MR) is 76.7 cm³/mol. The van der Waals surface area contributed by atoms with Crippen molar-refractivity contribution >= 4 is 5.97 Å². The van der Waals surface area contributed by atoms with Gasteiger partial charge in [0.15, 0.2) is 0 Å². The molecule has 0 spiro atoms. The molecule has 2 rings (SSSR count). The van der Waals surface area contributed by atoms with E-state index < -0.39 is 5.97 Å². The lowest BCUT2D eigenvalue weighted by atomic mass is 10.1. The number of nitrogens with zero attached hydrogens (tertiary/aromatic N) is 1. The van der Waals surface area contributed by atoms with Crippen molar-refractivity contribution in [3.05, 3.63) is 52.2 Å². The fourth-order valence-corrected chi connectivity index (χ4v) is 2.05. The van der Waals surface area contributed by atoms with E-state index in [-0.39, 0.29) is 11.4 Å². The Morgan fingerprint density at radius 2 is 1.70 bits per heavy atom. The predicted octanol–water partition coefficient (Wildman–Crippen LogP) is 3.81. The van der Waals surface area contributed by atoms with Crippen LogP contribution in [0.15, 0.2) is 24.4 Å². The highest BCUT2D eigenvalue weighted by Gasteiger charge is 2.18. The van der Waals surface area contributed by atoms with Gasteiger partial charge in [-0.15, -0.1) is 0 Å². The van der Waals surface area contributed by atoms with Gasteiger partial charge in [-0.2, -0.15) is 0 Å². The summed E-state index contributed by atoms with van der Waals surface area (Å²) >= 11 is 0. The number of rotatable bonds is 3. The molecule has 2 aromatic rings. The molecular formula is C16H17NO3. The Kier molecular flexibility index (Phi) is 3.74. The summed E-state index contributed by atoms with van der Waals surface area (Å²) in [6.45, 7) is 7.60. The number of hydrogen-bond acceptors (Lipinski definition) is 3. The highest BCUT2D eigenvalue weighted by molar-refractivity contribution is 5.91. The molecule has 0 bridgehead atoms. The van der Waals surface area contributed by atoms with E-state index in [4.69, 9.17) is 4.74 Å². The molecule has 0 unspecified atom stereocenters. The third kappa shape index (κ3) is 2.50. The number of aryl methyl sites for hydroxylation is 3. The van der Waals surface area contributed by atoms with Gasteiger partial charge in [0, 0.05) is 6.20 Å². The minimum absolute atomic E-state index is 0.104. The topological polar surface area (TPSA) is 59.4 Å². The van der Waals surface area contributed by atoms with Gasteiger partial charge in [-0.3, -0.25) is 0 Å². The minimum atomic E-state index is -1.03. The number of pyridine rings is 1. The van der Waals surface area contributed by atoms with Gasteiger partial charge in [0.05, 0.1) is 0 Å². The van der Waals surface area contributed by atoms with E-state index in [9.17, 15) is 9.90 Å². The van der Waals surface area contributed by atoms with Gasteiger partial charge in [-0.25, -0.2) is 9.78 Å². The van der Waals surface area contributed by atoms with Gasteiger partial charge in [-0.1, -0.05) is 12.1 Å². The molecule has 20 heavy (non-hydrogen) atoms. The average molecular weight is 271 g/mol. The maximum atomic E-state index is 11.3. The lowest BCUT2D eigenvalue weighted by Gasteiger charge is -2.14. The molecule has 0 atom stereocenters. The summed E-state index contributed by atoms with van der Waals surface area (Å²) in [4.78, 5) is 15.4. The Balaban J connectivity index is 2.54. The van der Waals surface area contributed by atoms with Crippen LogP contribution in [0.5, 0.6) is 11.6 Å². The van der Waals surface area contributed by atoms with Crippen molar-refractivity contribution in [1.82, 2.24) is 4.98 Å². The van der Waals surface area contributed by atoms with E-state index in [1.165, 1.54) is 0 Å². The first kappa shape index (κ1) is 14.1. The summed E-state index contributed by atoms with van der Waals surface area (Å²) < 4.78 is 5.80. The highest BCUT2D eigenvalue weighted by atomic mass is 16.5. The summed E-state index contributed by atoms with van der Waals surface area (Å²) in [5.74, 6) is -0.228. The molecule has 4 nitrogen and oxygen atoms in total. The highest BCUT2D eigenvalue weighted by Crippen LogP contribution is 2.32. The molecule has 1 N–H and O–H groups in total. The summed E-state index contributed by atoms with van der Waals surface area (Å²) in [7, 11) is 0. The molecular weight excluding hydrogens is 254 g/mol. The van der Waals surface area contributed by atoms with Crippen molar-refractivity contribution in [3.63, 3.8) is 0 Å². The first-order chi connectivity index (χ1) is 9.41. The number of carboxylic acids is 1. The summed E-state index contributed by atoms with van der Waals surface area (Å²) in [5.41, 5.74) is 3.77. The van der Waals surface area contributed by atoms with Crippen molar-refractivity contribution in [2.24, 2.45) is 0 Å². The van der Waals surface area contributed by atoms with Crippen molar-refractivity contribution in [2.75, 3.05) is 0 Å². The van der Waals surface area contributed by atoms with Crippen molar-refractivity contribution < 1.29 is 14.6 Å². The standard InChI is InChI=1S/C16H17NO3/c1-9-5-6-11(3)14(12(9)4)20-15-13(16(18)19)10(2)7-8-17-15/h5-8H,1-4H3,(H,18,19). The Bertz CT molecular complexity index is 678. The van der Waals surface area contributed by atoms with Gasteiger partial charge in [-0.05, 0) is 56.0 Å². The SMILES string of the molecule is Cc1ccc(C)c(Oc2nccc(C)c2C(=O)O)c1C. The maximum Gasteiger partial charge on any atom is 0.341 e. The second-order valence-electron chi connectivity index (χ2n) is 4.87. The van der Waals surface area contributed by atoms with Gasteiger partial charge in [0.1, 0.15) is 11.3 Å². The summed E-state index contributed by atoms with van der Waals surface area (Å²) in [5, 5.41) is 9.30. The van der Waals surface area contributed by atoms with Gasteiger partial charge in [0.2, 0.25) is 5.88 Å². The number of aromatic nitrogens is 1. The molecule has 4 heteroatoms. The number of carbonyl (C=O) groups is 1. The summed E-state index contributed by atoms with van der Waals surface area (Å²) in [6.07, 6.45) is 1.55. The normalized spacial score (nSPS) is 10.4. The quantitative estimate of drug-likeness (QED) is 0.922. The number of hydrogen-bond donors (Lipinski definition) is 1. The van der Waals surface area contributed by atoms with Crippen LogP contribution in [0.4, 0.5) is 0 Å². The second kappa shape index (κ2) is 5.33. The van der Waals surface area contributed by atoms with Gasteiger partial charge < -0.3 is 9.84 Å². The zero-order chi connectivity index (χ0) is 14.9. The minimum Gasteiger partial charge on any atom is -0.477 e. The first-order valence-corrected chi connectivity index (χ1v) is 6.35. The number of carboxylic acid groups (broad SMARTS) is 1. The molecule has 0 aliphatic rings. The largest absolute Gasteiger partial charge is 0.477 e. The van der Waals surface area contributed by atoms with Crippen LogP contribution in [0.25, 0.3) is 0 Å². The smallest absolute Gasteiger partial charge is 0.341 e. The van der Waals surface area contributed by atoms with Gasteiger partial charge >= 0.3 is 5.97 Å². The van der Waals surface area contributed by atoms with Crippen LogP contribution < -0.4 is 4.74 Å². The molecule has 0 saturated carbocycles. The first-order valence-electron chi connectivity index (χ1n) is 6.35. The van der Waals surface area contributed by atoms with Crippen LogP contribution in [0.3, 0.4) is 0 Å². The number of ether oxygens (including phenoxy) is 1. The van der Waals surface area contributed by atoms with Crippen LogP contribution in [-0.2, 0) is 0 Å². The van der Waals surface area contributed by atoms with Crippen LogP contribution in [0, 0.1) is 27.7 Å². The fraction of sp³-hybridized carbons (Fsp3) is 0.250. The van der Waals surface area contributed by atoms with Crippen LogP contribution >= 0.6 is 0 Å². The molecule has 1 aromatic carbocycles. The van der Waals surface area contributed by atoms with Crippen molar-refractivity contribution in [3.8, 4) is 11.6 Å². The van der Waals surface area contributed by atoms with E-state index in [1.807, 2.05) is 32.9 Å². The monoisotopic (exact) mass is 271 g/mol. The van der Waals surface area contributed by atoms with E-state index in [1.54, 1.807) is 19.2 Å². The Morgan fingerprint density at radius 1 is 1.05 bits per heavy atom. The molecule has 104 valence electrons. The molecule has 0 amide bonds. The third-order valence-corrected chi connectivity index (χ3v) is 3.41. The van der Waals surface area contributed by atoms with E-state index >= 15 is 0 Å². The molecule has 0 radical (unpaired) electrons. The van der Waals surface area contributed by atoms with Gasteiger partial charge in [0.25, 0.3) is 0 Å². The molecule has 0 fully saturated rings. The molecule has 0 saturated heterocycles. The fourth-order valence-electron chi connectivity index (χ4n) is 2.05. The van der Waals surface area contributed by atoms with E-state index in [0.29, 0.717) is 11.3 Å². The third-order valence-electron chi connectivity index (χ3n) is 3.41. The van der Waals surface area contributed by atoms with E-state index in [2.05, 4.69) is 4.98 Å². The second-order valence-corrected chi connectivity index (χ2v) is 4.87.